The normalized spacial score (nSPS) is 10.7. The molecular weight excluding hydrogens is 242 g/mol. The molecule has 0 bridgehead atoms. The highest BCUT2D eigenvalue weighted by atomic mass is 16.5. The molecule has 0 atom stereocenters. The van der Waals surface area contributed by atoms with Crippen LogP contribution < -0.4 is 10.6 Å². The van der Waals surface area contributed by atoms with E-state index in [1.807, 2.05) is 26.1 Å². The van der Waals surface area contributed by atoms with E-state index >= 15 is 0 Å². The molecule has 19 heavy (non-hydrogen) atoms. The number of nitrogens with two attached hydrogens (primary N) is 1. The topological polar surface area (TPSA) is 60.6 Å². The van der Waals surface area contributed by atoms with Crippen LogP contribution in [0.25, 0.3) is 0 Å². The maximum absolute atomic E-state index is 5.77. The first-order valence-corrected chi connectivity index (χ1v) is 6.86. The van der Waals surface area contributed by atoms with Crippen molar-refractivity contribution in [2.24, 2.45) is 5.73 Å². The Morgan fingerprint density at radius 2 is 1.79 bits per heavy atom. The van der Waals surface area contributed by atoms with Gasteiger partial charge >= 0.3 is 0 Å². The van der Waals surface area contributed by atoms with Gasteiger partial charge in [0.05, 0.1) is 13.2 Å². The largest absolute Gasteiger partial charge is 0.380 e. The smallest absolute Gasteiger partial charge is 0.0641 e. The number of aromatic nitrogens is 1. The molecule has 0 saturated carbocycles. The lowest BCUT2D eigenvalue weighted by atomic mass is 10.2. The maximum Gasteiger partial charge on any atom is 0.0641 e. The molecule has 0 spiro atoms. The minimum Gasteiger partial charge on any atom is -0.380 e. The summed E-state index contributed by atoms with van der Waals surface area (Å²) in [5, 5.41) is 0. The summed E-state index contributed by atoms with van der Waals surface area (Å²) in [5.74, 6) is 0. The Hall–Kier alpha value is -1.17. The summed E-state index contributed by atoms with van der Waals surface area (Å²) in [6.45, 7) is 9.03. The van der Waals surface area contributed by atoms with Gasteiger partial charge in [-0.1, -0.05) is 0 Å². The standard InChI is InChI=1S/C14H25N3O2/c1-3-18-9-7-17(8-10-19-4-2)14-5-6-16-12-13(14)11-15/h5-6,12H,3-4,7-11,15H2,1-2H3. The molecule has 0 aliphatic heterocycles. The first-order chi connectivity index (χ1) is 9.33. The summed E-state index contributed by atoms with van der Waals surface area (Å²) in [4.78, 5) is 6.37. The Labute approximate surface area is 115 Å². The molecular formula is C14H25N3O2. The second-order valence-corrected chi connectivity index (χ2v) is 4.09. The zero-order chi connectivity index (χ0) is 13.9. The Balaban J connectivity index is 2.69. The number of pyridine rings is 1. The highest BCUT2D eigenvalue weighted by Crippen LogP contribution is 2.18. The minimum absolute atomic E-state index is 0.489. The zero-order valence-electron chi connectivity index (χ0n) is 12.0. The monoisotopic (exact) mass is 267 g/mol. The van der Waals surface area contributed by atoms with E-state index in [0.717, 1.165) is 37.6 Å². The van der Waals surface area contributed by atoms with Gasteiger partial charge in [0.25, 0.3) is 0 Å². The summed E-state index contributed by atoms with van der Waals surface area (Å²) < 4.78 is 10.9. The van der Waals surface area contributed by atoms with E-state index in [2.05, 4.69) is 9.88 Å². The van der Waals surface area contributed by atoms with Crippen molar-refractivity contribution in [3.05, 3.63) is 24.0 Å². The van der Waals surface area contributed by atoms with Crippen molar-refractivity contribution in [1.82, 2.24) is 4.98 Å². The lowest BCUT2D eigenvalue weighted by Crippen LogP contribution is -2.32. The number of nitrogens with zero attached hydrogens (tertiary/aromatic N) is 2. The van der Waals surface area contributed by atoms with E-state index in [-0.39, 0.29) is 0 Å². The van der Waals surface area contributed by atoms with Crippen molar-refractivity contribution in [1.29, 1.82) is 0 Å². The molecule has 0 fully saturated rings. The molecule has 1 rings (SSSR count). The quantitative estimate of drug-likeness (QED) is 0.650. The van der Waals surface area contributed by atoms with E-state index in [9.17, 15) is 0 Å². The number of hydrogen-bond donors (Lipinski definition) is 1. The average molecular weight is 267 g/mol. The summed E-state index contributed by atoms with van der Waals surface area (Å²) in [6, 6.07) is 2.00. The van der Waals surface area contributed by atoms with Gasteiger partial charge in [-0.05, 0) is 19.9 Å². The van der Waals surface area contributed by atoms with Crippen LogP contribution in [0.3, 0.4) is 0 Å². The van der Waals surface area contributed by atoms with Crippen molar-refractivity contribution in [2.75, 3.05) is 44.4 Å². The number of rotatable bonds is 10. The van der Waals surface area contributed by atoms with Gasteiger partial charge in [0.1, 0.15) is 0 Å². The van der Waals surface area contributed by atoms with Crippen LogP contribution >= 0.6 is 0 Å². The van der Waals surface area contributed by atoms with Crippen LogP contribution in [0, 0.1) is 0 Å². The van der Waals surface area contributed by atoms with Crippen LogP contribution in [0.4, 0.5) is 5.69 Å². The summed E-state index contributed by atoms with van der Waals surface area (Å²) >= 11 is 0. The van der Waals surface area contributed by atoms with E-state index in [4.69, 9.17) is 15.2 Å². The molecule has 0 radical (unpaired) electrons. The third-order valence-corrected chi connectivity index (χ3v) is 2.86. The SMILES string of the molecule is CCOCCN(CCOCC)c1ccncc1CN. The van der Waals surface area contributed by atoms with E-state index in [0.29, 0.717) is 19.8 Å². The molecule has 5 heteroatoms. The molecule has 1 heterocycles. The van der Waals surface area contributed by atoms with Crippen molar-refractivity contribution in [3.8, 4) is 0 Å². The summed E-state index contributed by atoms with van der Waals surface area (Å²) in [5.41, 5.74) is 7.94. The van der Waals surface area contributed by atoms with Gasteiger partial charge in [0.2, 0.25) is 0 Å². The lowest BCUT2D eigenvalue weighted by Gasteiger charge is -2.26. The molecule has 0 aromatic carbocycles. The lowest BCUT2D eigenvalue weighted by molar-refractivity contribution is 0.141. The van der Waals surface area contributed by atoms with Crippen molar-refractivity contribution < 1.29 is 9.47 Å². The molecule has 1 aromatic heterocycles. The molecule has 0 aliphatic carbocycles. The van der Waals surface area contributed by atoms with E-state index in [1.54, 1.807) is 6.20 Å². The Kier molecular flexibility index (Phi) is 8.13. The van der Waals surface area contributed by atoms with Gasteiger partial charge in [-0.3, -0.25) is 4.98 Å². The first-order valence-electron chi connectivity index (χ1n) is 6.86. The first kappa shape index (κ1) is 15.9. The number of hydrogen-bond acceptors (Lipinski definition) is 5. The van der Waals surface area contributed by atoms with Crippen LogP contribution in [0.2, 0.25) is 0 Å². The van der Waals surface area contributed by atoms with Gasteiger partial charge in [-0.25, -0.2) is 0 Å². The Bertz CT molecular complexity index is 337. The van der Waals surface area contributed by atoms with Gasteiger partial charge in [-0.2, -0.15) is 0 Å². The molecule has 108 valence electrons. The van der Waals surface area contributed by atoms with Crippen molar-refractivity contribution >= 4 is 5.69 Å². The molecule has 0 amide bonds. The predicted octanol–water partition coefficient (Wildman–Crippen LogP) is 1.42. The highest BCUT2D eigenvalue weighted by Gasteiger charge is 2.10. The van der Waals surface area contributed by atoms with Gasteiger partial charge in [0.15, 0.2) is 0 Å². The van der Waals surface area contributed by atoms with Gasteiger partial charge < -0.3 is 20.1 Å². The minimum atomic E-state index is 0.489. The van der Waals surface area contributed by atoms with Crippen molar-refractivity contribution in [2.45, 2.75) is 20.4 Å². The Morgan fingerprint density at radius 1 is 1.16 bits per heavy atom. The molecule has 0 unspecified atom stereocenters. The van der Waals surface area contributed by atoms with Crippen LogP contribution in [0.15, 0.2) is 18.5 Å². The van der Waals surface area contributed by atoms with Crippen molar-refractivity contribution in [3.63, 3.8) is 0 Å². The molecule has 2 N–H and O–H groups in total. The third kappa shape index (κ3) is 5.55. The fourth-order valence-electron chi connectivity index (χ4n) is 1.88. The molecule has 1 aromatic rings. The number of anilines is 1. The van der Waals surface area contributed by atoms with Gasteiger partial charge in [0, 0.05) is 56.5 Å². The molecule has 5 nitrogen and oxygen atoms in total. The summed E-state index contributed by atoms with van der Waals surface area (Å²) in [6.07, 6.45) is 3.62. The molecule has 0 aliphatic rings. The fourth-order valence-corrected chi connectivity index (χ4v) is 1.88. The number of ether oxygens (including phenoxy) is 2. The third-order valence-electron chi connectivity index (χ3n) is 2.86. The fraction of sp³-hybridized carbons (Fsp3) is 0.643. The second-order valence-electron chi connectivity index (χ2n) is 4.09. The van der Waals surface area contributed by atoms with Crippen LogP contribution in [-0.4, -0.2) is 44.5 Å². The Morgan fingerprint density at radius 3 is 2.32 bits per heavy atom. The van der Waals surface area contributed by atoms with E-state index in [1.165, 1.54) is 0 Å². The molecule has 0 saturated heterocycles. The highest BCUT2D eigenvalue weighted by molar-refractivity contribution is 5.52. The van der Waals surface area contributed by atoms with Gasteiger partial charge in [-0.15, -0.1) is 0 Å². The zero-order valence-corrected chi connectivity index (χ0v) is 12.0. The van der Waals surface area contributed by atoms with Crippen LogP contribution in [0.1, 0.15) is 19.4 Å². The maximum atomic E-state index is 5.77. The van der Waals surface area contributed by atoms with Crippen LogP contribution in [-0.2, 0) is 16.0 Å². The predicted molar refractivity (Wildman–Crippen MR) is 77.3 cm³/mol. The summed E-state index contributed by atoms with van der Waals surface area (Å²) in [7, 11) is 0. The van der Waals surface area contributed by atoms with Crippen LogP contribution in [0.5, 0.6) is 0 Å². The second kappa shape index (κ2) is 9.72. The van der Waals surface area contributed by atoms with E-state index < -0.39 is 0 Å². The average Bonchev–Trinajstić information content (AvgIpc) is 2.46.